The van der Waals surface area contributed by atoms with Gasteiger partial charge in [-0.2, -0.15) is 0 Å². The van der Waals surface area contributed by atoms with Gasteiger partial charge in [-0.15, -0.1) is 0 Å². The molecule has 0 radical (unpaired) electrons. The van der Waals surface area contributed by atoms with Crippen LogP contribution < -0.4 is 5.32 Å². The van der Waals surface area contributed by atoms with Gasteiger partial charge < -0.3 is 14.7 Å². The molecule has 1 heterocycles. The van der Waals surface area contributed by atoms with Gasteiger partial charge >= 0.3 is 0 Å². The summed E-state index contributed by atoms with van der Waals surface area (Å²) < 4.78 is 1.08. The topological polar surface area (TPSA) is 15.3 Å². The summed E-state index contributed by atoms with van der Waals surface area (Å²) in [4.78, 5) is 2.40. The minimum absolute atomic E-state index is 0.729. The lowest BCUT2D eigenvalue weighted by Crippen LogP contribution is -2.55. The van der Waals surface area contributed by atoms with Crippen LogP contribution in [0.5, 0.6) is 0 Å². The van der Waals surface area contributed by atoms with Gasteiger partial charge in [-0.05, 0) is 32.4 Å². The SMILES string of the molecule is C=C(C=C(C)Cl)NC(=C(C)C=CC)N1CC[N+](C)(C)CC1. The molecule has 0 bridgehead atoms. The van der Waals surface area contributed by atoms with E-state index < -0.39 is 0 Å². The smallest absolute Gasteiger partial charge is 0.109 e. The Morgan fingerprint density at radius 2 is 1.81 bits per heavy atom. The van der Waals surface area contributed by atoms with E-state index in [0.717, 1.165) is 47.2 Å². The van der Waals surface area contributed by atoms with Crippen molar-refractivity contribution in [2.24, 2.45) is 0 Å². The van der Waals surface area contributed by atoms with Gasteiger partial charge in [0.1, 0.15) is 5.82 Å². The fourth-order valence-electron chi connectivity index (χ4n) is 2.41. The van der Waals surface area contributed by atoms with Gasteiger partial charge in [-0.3, -0.25) is 0 Å². The standard InChI is InChI=1S/C17H29ClN3/c1-7-8-14(2)17(19-16(4)13-15(3)18)20-9-11-21(5,6)12-10-20/h7-8,13,19H,4,9-12H2,1-3,5-6H3/q+1. The normalized spacial score (nSPS) is 20.5. The number of hydrogen-bond acceptors (Lipinski definition) is 2. The van der Waals surface area contributed by atoms with Crippen LogP contribution in [0.3, 0.4) is 0 Å². The van der Waals surface area contributed by atoms with Crippen LogP contribution in [0.15, 0.2) is 46.9 Å². The fraction of sp³-hybridized carbons (Fsp3) is 0.529. The second kappa shape index (κ2) is 7.71. The molecule has 1 aliphatic heterocycles. The van der Waals surface area contributed by atoms with Crippen molar-refractivity contribution in [3.8, 4) is 0 Å². The van der Waals surface area contributed by atoms with E-state index in [4.69, 9.17) is 11.6 Å². The Bertz CT molecular complexity index is 458. The van der Waals surface area contributed by atoms with Crippen molar-refractivity contribution in [2.75, 3.05) is 40.3 Å². The number of hydrogen-bond donors (Lipinski definition) is 1. The van der Waals surface area contributed by atoms with E-state index in [1.807, 2.05) is 19.9 Å². The molecule has 21 heavy (non-hydrogen) atoms. The second-order valence-corrected chi connectivity index (χ2v) is 6.88. The number of quaternary nitrogens is 1. The summed E-state index contributed by atoms with van der Waals surface area (Å²) in [6.45, 7) is 14.4. The predicted molar refractivity (Wildman–Crippen MR) is 92.8 cm³/mol. The van der Waals surface area contributed by atoms with E-state index in [9.17, 15) is 0 Å². The number of allylic oxidation sites excluding steroid dienone is 5. The Hall–Kier alpha value is -1.19. The quantitative estimate of drug-likeness (QED) is 0.618. The van der Waals surface area contributed by atoms with Crippen molar-refractivity contribution in [1.82, 2.24) is 10.2 Å². The summed E-state index contributed by atoms with van der Waals surface area (Å²) in [7, 11) is 4.57. The molecule has 0 aromatic rings. The molecule has 1 saturated heterocycles. The summed E-state index contributed by atoms with van der Waals surface area (Å²) in [5.74, 6) is 1.13. The fourth-order valence-corrected chi connectivity index (χ4v) is 2.55. The van der Waals surface area contributed by atoms with E-state index in [0.29, 0.717) is 0 Å². The number of nitrogens with one attached hydrogen (secondary N) is 1. The van der Waals surface area contributed by atoms with Gasteiger partial charge in [0.05, 0.1) is 40.3 Å². The van der Waals surface area contributed by atoms with Gasteiger partial charge in [-0.1, -0.05) is 30.3 Å². The van der Waals surface area contributed by atoms with E-state index >= 15 is 0 Å². The molecular weight excluding hydrogens is 282 g/mol. The zero-order chi connectivity index (χ0) is 16.0. The molecule has 0 saturated carbocycles. The molecule has 0 aromatic heterocycles. The lowest BCUT2D eigenvalue weighted by molar-refractivity contribution is -0.894. The molecule has 1 N–H and O–H groups in total. The molecule has 0 amide bonds. The lowest BCUT2D eigenvalue weighted by Gasteiger charge is -2.41. The molecule has 1 fully saturated rings. The van der Waals surface area contributed by atoms with Crippen LogP contribution in [0, 0.1) is 0 Å². The number of halogens is 1. The summed E-state index contributed by atoms with van der Waals surface area (Å²) in [6, 6.07) is 0. The highest BCUT2D eigenvalue weighted by atomic mass is 35.5. The first-order valence-corrected chi connectivity index (χ1v) is 7.83. The summed E-state index contributed by atoms with van der Waals surface area (Å²) in [5, 5.41) is 4.15. The Morgan fingerprint density at radius 1 is 1.24 bits per heavy atom. The van der Waals surface area contributed by atoms with Gasteiger partial charge in [0.2, 0.25) is 0 Å². The molecule has 0 atom stereocenters. The van der Waals surface area contributed by atoms with Crippen molar-refractivity contribution in [2.45, 2.75) is 20.8 Å². The van der Waals surface area contributed by atoms with Crippen LogP contribution in [0.2, 0.25) is 0 Å². The molecule has 1 aliphatic rings. The largest absolute Gasteiger partial charge is 0.347 e. The first-order valence-electron chi connectivity index (χ1n) is 7.45. The zero-order valence-corrected chi connectivity index (χ0v) is 14.8. The second-order valence-electron chi connectivity index (χ2n) is 6.28. The third-order valence-electron chi connectivity index (χ3n) is 3.71. The first kappa shape index (κ1) is 17.9. The minimum atomic E-state index is 0.729. The average molecular weight is 311 g/mol. The van der Waals surface area contributed by atoms with Crippen molar-refractivity contribution in [3.63, 3.8) is 0 Å². The lowest BCUT2D eigenvalue weighted by atomic mass is 10.2. The van der Waals surface area contributed by atoms with Gasteiger partial charge in [0.25, 0.3) is 0 Å². The predicted octanol–water partition coefficient (Wildman–Crippen LogP) is 3.43. The third-order valence-corrected chi connectivity index (χ3v) is 3.82. The monoisotopic (exact) mass is 310 g/mol. The molecule has 0 aliphatic carbocycles. The summed E-state index contributed by atoms with van der Waals surface area (Å²) >= 11 is 5.93. The molecule has 1 rings (SSSR count). The third kappa shape index (κ3) is 5.98. The van der Waals surface area contributed by atoms with Gasteiger partial charge in [0, 0.05) is 10.7 Å². The molecular formula is C17H29ClN3+. The van der Waals surface area contributed by atoms with Crippen molar-refractivity contribution >= 4 is 11.6 Å². The molecule has 0 unspecified atom stereocenters. The zero-order valence-electron chi connectivity index (χ0n) is 14.0. The molecule has 118 valence electrons. The Morgan fingerprint density at radius 3 is 2.29 bits per heavy atom. The molecule has 4 heteroatoms. The number of likely N-dealkylation sites (N-methyl/N-ethyl adjacent to an activating group) is 1. The van der Waals surface area contributed by atoms with E-state index in [-0.39, 0.29) is 0 Å². The maximum atomic E-state index is 5.93. The van der Waals surface area contributed by atoms with Crippen molar-refractivity contribution < 1.29 is 4.48 Å². The van der Waals surface area contributed by atoms with Crippen LogP contribution in [0.1, 0.15) is 20.8 Å². The van der Waals surface area contributed by atoms with Crippen molar-refractivity contribution in [3.05, 3.63) is 46.9 Å². The molecule has 0 aromatic carbocycles. The van der Waals surface area contributed by atoms with Crippen LogP contribution in [-0.4, -0.2) is 49.7 Å². The van der Waals surface area contributed by atoms with Crippen molar-refractivity contribution in [1.29, 1.82) is 0 Å². The summed E-state index contributed by atoms with van der Waals surface area (Å²) in [6.07, 6.45) is 6.04. The average Bonchev–Trinajstić information content (AvgIpc) is 2.36. The van der Waals surface area contributed by atoms with Crippen LogP contribution in [-0.2, 0) is 0 Å². The highest BCUT2D eigenvalue weighted by Gasteiger charge is 2.26. The first-order chi connectivity index (χ1) is 9.75. The Balaban J connectivity index is 2.92. The highest BCUT2D eigenvalue weighted by molar-refractivity contribution is 6.29. The number of nitrogens with zero attached hydrogens (tertiary/aromatic N) is 2. The maximum Gasteiger partial charge on any atom is 0.109 e. The van der Waals surface area contributed by atoms with Crippen LogP contribution in [0.25, 0.3) is 0 Å². The van der Waals surface area contributed by atoms with E-state index in [1.54, 1.807) is 0 Å². The number of rotatable bonds is 5. The van der Waals surface area contributed by atoms with E-state index in [2.05, 4.69) is 50.0 Å². The van der Waals surface area contributed by atoms with Gasteiger partial charge in [0.15, 0.2) is 0 Å². The Labute approximate surface area is 134 Å². The maximum absolute atomic E-state index is 5.93. The van der Waals surface area contributed by atoms with E-state index in [1.165, 1.54) is 5.57 Å². The van der Waals surface area contributed by atoms with Crippen LogP contribution >= 0.6 is 11.6 Å². The molecule has 0 spiro atoms. The van der Waals surface area contributed by atoms with Gasteiger partial charge in [-0.25, -0.2) is 0 Å². The van der Waals surface area contributed by atoms with Crippen LogP contribution in [0.4, 0.5) is 0 Å². The Kier molecular flexibility index (Phi) is 6.56. The highest BCUT2D eigenvalue weighted by Crippen LogP contribution is 2.16. The molecule has 3 nitrogen and oxygen atoms in total. The number of piperazine rings is 1. The minimum Gasteiger partial charge on any atom is -0.347 e. The summed E-state index contributed by atoms with van der Waals surface area (Å²) in [5.41, 5.74) is 2.03.